The molecule has 2 aromatic rings. The molecule has 1 N–H and O–H groups in total. The minimum absolute atomic E-state index is 0.0862. The van der Waals surface area contributed by atoms with Crippen LogP contribution < -0.4 is 5.32 Å². The van der Waals surface area contributed by atoms with Crippen molar-refractivity contribution in [1.82, 2.24) is 5.32 Å². The first-order chi connectivity index (χ1) is 10.0. The van der Waals surface area contributed by atoms with E-state index in [2.05, 4.69) is 41.2 Å². The topological polar surface area (TPSA) is 12.0 Å². The van der Waals surface area contributed by atoms with Crippen LogP contribution in [0.3, 0.4) is 0 Å². The molecule has 0 saturated carbocycles. The van der Waals surface area contributed by atoms with Crippen molar-refractivity contribution in [3.8, 4) is 0 Å². The first-order valence-electron chi connectivity index (χ1n) is 7.29. The monoisotopic (exact) mass is 349 g/mol. The minimum atomic E-state index is -0.184. The van der Waals surface area contributed by atoms with Crippen LogP contribution >= 0.6 is 15.9 Å². The van der Waals surface area contributed by atoms with Crippen molar-refractivity contribution >= 4 is 15.9 Å². The van der Waals surface area contributed by atoms with Crippen LogP contribution in [0.5, 0.6) is 0 Å². The number of hydrogen-bond donors (Lipinski definition) is 1. The van der Waals surface area contributed by atoms with Gasteiger partial charge in [0.2, 0.25) is 0 Å². The Kier molecular flexibility index (Phi) is 5.54. The van der Waals surface area contributed by atoms with E-state index in [1.807, 2.05) is 25.1 Å². The second kappa shape index (κ2) is 7.19. The van der Waals surface area contributed by atoms with E-state index in [0.717, 1.165) is 28.6 Å². The zero-order chi connectivity index (χ0) is 15.4. The minimum Gasteiger partial charge on any atom is -0.306 e. The van der Waals surface area contributed by atoms with E-state index < -0.39 is 0 Å². The van der Waals surface area contributed by atoms with Crippen LogP contribution in [0, 0.1) is 19.7 Å². The van der Waals surface area contributed by atoms with Gasteiger partial charge in [-0.2, -0.15) is 0 Å². The van der Waals surface area contributed by atoms with Crippen LogP contribution in [-0.4, -0.2) is 6.54 Å². The quantitative estimate of drug-likeness (QED) is 0.772. The van der Waals surface area contributed by atoms with Gasteiger partial charge >= 0.3 is 0 Å². The molecule has 1 unspecified atom stereocenters. The Bertz CT molecular complexity index is 625. The molecule has 0 aromatic heterocycles. The molecule has 2 rings (SSSR count). The van der Waals surface area contributed by atoms with Gasteiger partial charge in [-0.05, 0) is 67.3 Å². The third-order valence-corrected chi connectivity index (χ3v) is 4.62. The van der Waals surface area contributed by atoms with Gasteiger partial charge in [0.25, 0.3) is 0 Å². The highest BCUT2D eigenvalue weighted by Gasteiger charge is 2.18. The van der Waals surface area contributed by atoms with Crippen molar-refractivity contribution in [3.05, 3.63) is 68.9 Å². The number of rotatable bonds is 5. The summed E-state index contributed by atoms with van der Waals surface area (Å²) in [5.74, 6) is -0.184. The molecule has 1 nitrogen and oxygen atoms in total. The Morgan fingerprint density at radius 1 is 1.14 bits per heavy atom. The van der Waals surface area contributed by atoms with Crippen molar-refractivity contribution in [2.24, 2.45) is 0 Å². The van der Waals surface area contributed by atoms with Gasteiger partial charge in [0.1, 0.15) is 5.82 Å². The van der Waals surface area contributed by atoms with Crippen LogP contribution in [0.15, 0.2) is 40.9 Å². The van der Waals surface area contributed by atoms with Gasteiger partial charge in [-0.3, -0.25) is 0 Å². The largest absolute Gasteiger partial charge is 0.306 e. The van der Waals surface area contributed by atoms with Gasteiger partial charge in [0, 0.05) is 4.47 Å². The first-order valence-corrected chi connectivity index (χ1v) is 8.08. The van der Waals surface area contributed by atoms with Gasteiger partial charge < -0.3 is 5.32 Å². The van der Waals surface area contributed by atoms with Crippen molar-refractivity contribution in [2.75, 3.05) is 6.54 Å². The van der Waals surface area contributed by atoms with E-state index in [0.29, 0.717) is 0 Å². The van der Waals surface area contributed by atoms with Crippen molar-refractivity contribution in [2.45, 2.75) is 33.2 Å². The van der Waals surface area contributed by atoms with Crippen molar-refractivity contribution < 1.29 is 4.39 Å². The van der Waals surface area contributed by atoms with Gasteiger partial charge in [-0.25, -0.2) is 4.39 Å². The molecule has 0 aliphatic heterocycles. The Hall–Kier alpha value is -1.19. The summed E-state index contributed by atoms with van der Waals surface area (Å²) in [5, 5.41) is 3.59. The van der Waals surface area contributed by atoms with Gasteiger partial charge in [0.15, 0.2) is 0 Å². The normalized spacial score (nSPS) is 12.4. The number of hydrogen-bond acceptors (Lipinski definition) is 1. The summed E-state index contributed by atoms with van der Waals surface area (Å²) in [6.07, 6.45) is 1.06. The molecule has 0 radical (unpaired) electrons. The lowest BCUT2D eigenvalue weighted by Gasteiger charge is -2.23. The van der Waals surface area contributed by atoms with Crippen LogP contribution in [0.1, 0.15) is 41.6 Å². The summed E-state index contributed by atoms with van der Waals surface area (Å²) in [6.45, 7) is 7.15. The molecular weight excluding hydrogens is 329 g/mol. The van der Waals surface area contributed by atoms with Crippen LogP contribution in [-0.2, 0) is 0 Å². The molecule has 0 fully saturated rings. The summed E-state index contributed by atoms with van der Waals surface area (Å²) in [7, 11) is 0. The fourth-order valence-corrected chi connectivity index (χ4v) is 2.96. The van der Waals surface area contributed by atoms with Gasteiger partial charge in [-0.1, -0.05) is 41.1 Å². The summed E-state index contributed by atoms with van der Waals surface area (Å²) >= 11 is 3.60. The fraction of sp³-hybridized carbons (Fsp3) is 0.333. The molecule has 0 aliphatic rings. The van der Waals surface area contributed by atoms with Gasteiger partial charge in [0.05, 0.1) is 6.04 Å². The molecule has 21 heavy (non-hydrogen) atoms. The highest BCUT2D eigenvalue weighted by atomic mass is 79.9. The molecule has 0 amide bonds. The molecule has 0 aliphatic carbocycles. The van der Waals surface area contributed by atoms with E-state index in [4.69, 9.17) is 0 Å². The van der Waals surface area contributed by atoms with Crippen LogP contribution in [0.25, 0.3) is 0 Å². The van der Waals surface area contributed by atoms with E-state index >= 15 is 0 Å². The van der Waals surface area contributed by atoms with E-state index in [1.54, 1.807) is 6.07 Å². The maximum atomic E-state index is 13.4. The average molecular weight is 350 g/mol. The molecule has 0 heterocycles. The second-order valence-electron chi connectivity index (χ2n) is 5.34. The molecule has 112 valence electrons. The third kappa shape index (κ3) is 3.72. The smallest absolute Gasteiger partial charge is 0.123 e. The van der Waals surface area contributed by atoms with E-state index in [9.17, 15) is 4.39 Å². The third-order valence-electron chi connectivity index (χ3n) is 3.76. The molecule has 0 spiro atoms. The zero-order valence-electron chi connectivity index (χ0n) is 12.7. The predicted molar refractivity (Wildman–Crippen MR) is 90.2 cm³/mol. The highest BCUT2D eigenvalue weighted by Crippen LogP contribution is 2.30. The molecule has 0 saturated heterocycles. The number of benzene rings is 2. The lowest BCUT2D eigenvalue weighted by atomic mass is 9.92. The second-order valence-corrected chi connectivity index (χ2v) is 6.20. The number of aryl methyl sites for hydroxylation is 1. The Labute approximate surface area is 134 Å². The lowest BCUT2D eigenvalue weighted by Crippen LogP contribution is -2.24. The van der Waals surface area contributed by atoms with Crippen molar-refractivity contribution in [1.29, 1.82) is 0 Å². The van der Waals surface area contributed by atoms with Crippen LogP contribution in [0.2, 0.25) is 0 Å². The highest BCUT2D eigenvalue weighted by molar-refractivity contribution is 9.10. The summed E-state index contributed by atoms with van der Waals surface area (Å²) in [4.78, 5) is 0. The van der Waals surface area contributed by atoms with E-state index in [-0.39, 0.29) is 11.9 Å². The lowest BCUT2D eigenvalue weighted by molar-refractivity contribution is 0.587. The molecule has 1 atom stereocenters. The molecular formula is C18H21BrFN. The van der Waals surface area contributed by atoms with Crippen LogP contribution in [0.4, 0.5) is 4.39 Å². The molecule has 3 heteroatoms. The maximum absolute atomic E-state index is 13.4. The Morgan fingerprint density at radius 3 is 2.57 bits per heavy atom. The van der Waals surface area contributed by atoms with Crippen molar-refractivity contribution in [3.63, 3.8) is 0 Å². The van der Waals surface area contributed by atoms with Gasteiger partial charge in [-0.15, -0.1) is 0 Å². The summed E-state index contributed by atoms with van der Waals surface area (Å²) < 4.78 is 14.5. The summed E-state index contributed by atoms with van der Waals surface area (Å²) in [5.41, 5.74) is 4.55. The Balaban J connectivity index is 2.49. The molecule has 0 bridgehead atoms. The average Bonchev–Trinajstić information content (AvgIpc) is 2.45. The fourth-order valence-electron chi connectivity index (χ4n) is 2.58. The predicted octanol–water partition coefficient (Wildman–Crippen LogP) is 5.29. The molecule has 2 aromatic carbocycles. The summed E-state index contributed by atoms with van der Waals surface area (Å²) in [6, 6.07) is 11.3. The number of nitrogens with one attached hydrogen (secondary N) is 1. The number of halogens is 2. The maximum Gasteiger partial charge on any atom is 0.123 e. The first kappa shape index (κ1) is 16.2. The zero-order valence-corrected chi connectivity index (χ0v) is 14.3. The van der Waals surface area contributed by atoms with E-state index in [1.165, 1.54) is 17.2 Å². The standard InChI is InChI=1S/C18H21BrFN/c1-4-10-21-18(15-9-8-14(20)11-12(15)2)16-6-5-7-17(19)13(16)3/h5-9,11,18,21H,4,10H2,1-3H3. The Morgan fingerprint density at radius 2 is 1.90 bits per heavy atom. The SMILES string of the molecule is CCCNC(c1ccc(F)cc1C)c1cccc(Br)c1C.